The molecule has 0 aliphatic heterocycles. The van der Waals surface area contributed by atoms with Crippen LogP contribution in [0.15, 0.2) is 18.2 Å². The molecule has 4 heteroatoms. The number of anilines is 1. The monoisotopic (exact) mass is 381 g/mol. The molecule has 0 atom stereocenters. The molecule has 0 amide bonds. The molecule has 0 aliphatic carbocycles. The average molecular weight is 381 g/mol. The van der Waals surface area contributed by atoms with Crippen LogP contribution in [0.1, 0.15) is 36.6 Å². The first-order chi connectivity index (χ1) is 9.45. The largest absolute Gasteiger partial charge is 0.372 e. The van der Waals surface area contributed by atoms with E-state index < -0.39 is 0 Å². The highest BCUT2D eigenvalue weighted by molar-refractivity contribution is 14.1. The number of rotatable bonds is 3. The molecule has 106 valence electrons. The van der Waals surface area contributed by atoms with E-state index in [-0.39, 0.29) is 0 Å². The maximum atomic E-state index is 4.79. The number of benzene rings is 1. The standard InChI is InChI=1S/C16H20IN3/c1-9(2)14-13(17)16(18-5)20-15(19-14)12-8-6-7-10(3)11(12)4/h6-9H,1-5H3,(H,18,19,20). The third-order valence-corrected chi connectivity index (χ3v) is 4.57. The molecule has 1 heterocycles. The second kappa shape index (κ2) is 6.08. The summed E-state index contributed by atoms with van der Waals surface area (Å²) in [6, 6.07) is 6.27. The van der Waals surface area contributed by atoms with Gasteiger partial charge in [-0.3, -0.25) is 0 Å². The predicted octanol–water partition coefficient (Wildman–Crippen LogP) is 4.53. The van der Waals surface area contributed by atoms with E-state index in [1.165, 1.54) is 11.1 Å². The number of hydrogen-bond donors (Lipinski definition) is 1. The number of hydrogen-bond acceptors (Lipinski definition) is 3. The zero-order chi connectivity index (χ0) is 14.9. The van der Waals surface area contributed by atoms with Crippen molar-refractivity contribution >= 4 is 28.4 Å². The molecule has 0 aliphatic rings. The Morgan fingerprint density at radius 3 is 2.45 bits per heavy atom. The van der Waals surface area contributed by atoms with Crippen LogP contribution in [0.25, 0.3) is 11.4 Å². The van der Waals surface area contributed by atoms with Crippen LogP contribution in [-0.2, 0) is 0 Å². The Bertz CT molecular complexity index is 636. The van der Waals surface area contributed by atoms with E-state index in [4.69, 9.17) is 4.98 Å². The van der Waals surface area contributed by atoms with Gasteiger partial charge in [0.05, 0.1) is 9.26 Å². The van der Waals surface area contributed by atoms with Crippen molar-refractivity contribution in [1.82, 2.24) is 9.97 Å². The molecule has 2 rings (SSSR count). The van der Waals surface area contributed by atoms with Crippen molar-refractivity contribution in [3.05, 3.63) is 38.6 Å². The van der Waals surface area contributed by atoms with E-state index in [2.05, 4.69) is 78.8 Å². The van der Waals surface area contributed by atoms with Gasteiger partial charge < -0.3 is 5.32 Å². The minimum atomic E-state index is 0.376. The van der Waals surface area contributed by atoms with Gasteiger partial charge in [0.25, 0.3) is 0 Å². The summed E-state index contributed by atoms with van der Waals surface area (Å²) in [7, 11) is 1.90. The highest BCUT2D eigenvalue weighted by Crippen LogP contribution is 2.30. The maximum Gasteiger partial charge on any atom is 0.162 e. The predicted molar refractivity (Wildman–Crippen MR) is 93.3 cm³/mol. The van der Waals surface area contributed by atoms with Crippen LogP contribution in [-0.4, -0.2) is 17.0 Å². The molecular weight excluding hydrogens is 361 g/mol. The Morgan fingerprint density at radius 2 is 1.85 bits per heavy atom. The molecule has 20 heavy (non-hydrogen) atoms. The summed E-state index contributed by atoms with van der Waals surface area (Å²) in [5.41, 5.74) is 4.72. The Labute approximate surface area is 134 Å². The summed E-state index contributed by atoms with van der Waals surface area (Å²) in [5, 5.41) is 3.18. The van der Waals surface area contributed by atoms with E-state index in [0.717, 1.165) is 26.5 Å². The Balaban J connectivity index is 2.68. The van der Waals surface area contributed by atoms with Gasteiger partial charge in [0.2, 0.25) is 0 Å². The zero-order valence-corrected chi connectivity index (χ0v) is 14.7. The lowest BCUT2D eigenvalue weighted by atomic mass is 10.0. The van der Waals surface area contributed by atoms with Gasteiger partial charge in [-0.05, 0) is 53.5 Å². The second-order valence-corrected chi connectivity index (χ2v) is 6.33. The fraction of sp³-hybridized carbons (Fsp3) is 0.375. The molecule has 0 spiro atoms. The normalized spacial score (nSPS) is 10.9. The van der Waals surface area contributed by atoms with Gasteiger partial charge in [0, 0.05) is 12.6 Å². The molecule has 0 bridgehead atoms. The van der Waals surface area contributed by atoms with Crippen LogP contribution in [0.2, 0.25) is 0 Å². The molecule has 2 aromatic rings. The first kappa shape index (κ1) is 15.2. The van der Waals surface area contributed by atoms with Crippen LogP contribution in [0.3, 0.4) is 0 Å². The molecule has 1 aromatic carbocycles. The van der Waals surface area contributed by atoms with E-state index in [9.17, 15) is 0 Å². The van der Waals surface area contributed by atoms with E-state index in [1.807, 2.05) is 7.05 Å². The fourth-order valence-corrected chi connectivity index (χ4v) is 3.26. The fourth-order valence-electron chi connectivity index (χ4n) is 2.13. The van der Waals surface area contributed by atoms with Gasteiger partial charge in [0.15, 0.2) is 5.82 Å². The summed E-state index contributed by atoms with van der Waals surface area (Å²) < 4.78 is 1.11. The highest BCUT2D eigenvalue weighted by atomic mass is 127. The average Bonchev–Trinajstić information content (AvgIpc) is 2.42. The van der Waals surface area contributed by atoms with Gasteiger partial charge >= 0.3 is 0 Å². The zero-order valence-electron chi connectivity index (χ0n) is 12.6. The van der Waals surface area contributed by atoms with Gasteiger partial charge in [0.1, 0.15) is 5.82 Å². The minimum absolute atomic E-state index is 0.376. The number of aryl methyl sites for hydroxylation is 1. The number of halogens is 1. The van der Waals surface area contributed by atoms with Crippen molar-refractivity contribution in [1.29, 1.82) is 0 Å². The number of nitrogens with zero attached hydrogens (tertiary/aromatic N) is 2. The molecule has 3 nitrogen and oxygen atoms in total. The molecule has 0 radical (unpaired) electrons. The van der Waals surface area contributed by atoms with Crippen molar-refractivity contribution in [2.45, 2.75) is 33.6 Å². The van der Waals surface area contributed by atoms with Crippen LogP contribution in [0, 0.1) is 17.4 Å². The number of aromatic nitrogens is 2. The van der Waals surface area contributed by atoms with Gasteiger partial charge in [-0.1, -0.05) is 32.0 Å². The third kappa shape index (κ3) is 2.80. The van der Waals surface area contributed by atoms with Crippen molar-refractivity contribution in [3.8, 4) is 11.4 Å². The molecule has 1 aromatic heterocycles. The van der Waals surface area contributed by atoms with Gasteiger partial charge in [-0.15, -0.1) is 0 Å². The first-order valence-corrected chi connectivity index (χ1v) is 7.85. The maximum absolute atomic E-state index is 4.79. The smallest absolute Gasteiger partial charge is 0.162 e. The van der Waals surface area contributed by atoms with Gasteiger partial charge in [-0.2, -0.15) is 0 Å². The van der Waals surface area contributed by atoms with Gasteiger partial charge in [-0.25, -0.2) is 9.97 Å². The van der Waals surface area contributed by atoms with E-state index >= 15 is 0 Å². The SMILES string of the molecule is CNc1nc(-c2cccc(C)c2C)nc(C(C)C)c1I. The summed E-state index contributed by atoms with van der Waals surface area (Å²) in [6.07, 6.45) is 0. The van der Waals surface area contributed by atoms with E-state index in [0.29, 0.717) is 5.92 Å². The topological polar surface area (TPSA) is 37.8 Å². The summed E-state index contributed by atoms with van der Waals surface area (Å²) >= 11 is 2.32. The second-order valence-electron chi connectivity index (χ2n) is 5.25. The Hall–Kier alpha value is -1.17. The van der Waals surface area contributed by atoms with Crippen molar-refractivity contribution in [2.24, 2.45) is 0 Å². The third-order valence-electron chi connectivity index (χ3n) is 3.51. The van der Waals surface area contributed by atoms with Crippen molar-refractivity contribution < 1.29 is 0 Å². The van der Waals surface area contributed by atoms with Crippen LogP contribution in [0.5, 0.6) is 0 Å². The molecule has 0 saturated carbocycles. The van der Waals surface area contributed by atoms with E-state index in [1.54, 1.807) is 0 Å². The molecule has 0 unspecified atom stereocenters. The molecule has 0 saturated heterocycles. The summed E-state index contributed by atoms with van der Waals surface area (Å²) in [5.74, 6) is 2.08. The lowest BCUT2D eigenvalue weighted by molar-refractivity contribution is 0.809. The Morgan fingerprint density at radius 1 is 1.15 bits per heavy atom. The quantitative estimate of drug-likeness (QED) is 0.794. The Kier molecular flexibility index (Phi) is 4.62. The van der Waals surface area contributed by atoms with Crippen molar-refractivity contribution in [3.63, 3.8) is 0 Å². The summed E-state index contributed by atoms with van der Waals surface area (Å²) in [4.78, 5) is 9.47. The lowest BCUT2D eigenvalue weighted by Crippen LogP contribution is -2.07. The van der Waals surface area contributed by atoms with Crippen LogP contribution in [0.4, 0.5) is 5.82 Å². The molecular formula is C16H20IN3. The first-order valence-electron chi connectivity index (χ1n) is 6.77. The minimum Gasteiger partial charge on any atom is -0.372 e. The van der Waals surface area contributed by atoms with Crippen molar-refractivity contribution in [2.75, 3.05) is 12.4 Å². The number of nitrogens with one attached hydrogen (secondary N) is 1. The molecule has 1 N–H and O–H groups in total. The highest BCUT2D eigenvalue weighted by Gasteiger charge is 2.16. The lowest BCUT2D eigenvalue weighted by Gasteiger charge is -2.15. The summed E-state index contributed by atoms with van der Waals surface area (Å²) in [6.45, 7) is 8.57. The van der Waals surface area contributed by atoms with Crippen LogP contribution >= 0.6 is 22.6 Å². The molecule has 0 fully saturated rings. The van der Waals surface area contributed by atoms with Crippen LogP contribution < -0.4 is 5.32 Å².